The number of piperidine rings is 1. The second kappa shape index (κ2) is 17.9. The van der Waals surface area contributed by atoms with Crippen LogP contribution in [-0.4, -0.2) is 138 Å². The summed E-state index contributed by atoms with van der Waals surface area (Å²) in [4.78, 5) is 56.4. The molecule has 3 fully saturated rings. The van der Waals surface area contributed by atoms with Crippen molar-refractivity contribution in [1.82, 2.24) is 34.6 Å². The number of likely N-dealkylation sites (N-methyl/N-ethyl adjacent to an activating group) is 2. The Balaban J connectivity index is 1.29. The van der Waals surface area contributed by atoms with Crippen LogP contribution in [0, 0.1) is 5.92 Å². The first-order chi connectivity index (χ1) is 28.4. The van der Waals surface area contributed by atoms with Crippen molar-refractivity contribution in [1.29, 1.82) is 0 Å². The molecular formula is C44H58N8O7. The maximum absolute atomic E-state index is 13.6. The second-order valence-corrected chi connectivity index (χ2v) is 16.4. The molecule has 1 aliphatic carbocycles. The molecule has 1 unspecified atom stereocenters. The normalized spacial score (nSPS) is 20.0. The van der Waals surface area contributed by atoms with E-state index in [9.17, 15) is 19.5 Å². The Labute approximate surface area is 345 Å². The number of pyridine rings is 1. The summed E-state index contributed by atoms with van der Waals surface area (Å²) >= 11 is 0. The van der Waals surface area contributed by atoms with Crippen LogP contribution in [0.5, 0.6) is 5.75 Å². The lowest BCUT2D eigenvalue weighted by Crippen LogP contribution is -2.58. The van der Waals surface area contributed by atoms with Crippen LogP contribution in [0.4, 0.5) is 15.5 Å². The van der Waals surface area contributed by atoms with Crippen molar-refractivity contribution in [3.8, 4) is 16.9 Å². The molecule has 2 saturated heterocycles. The van der Waals surface area contributed by atoms with Gasteiger partial charge in [-0.05, 0) is 75.8 Å². The van der Waals surface area contributed by atoms with Crippen LogP contribution in [0.25, 0.3) is 22.0 Å². The Morgan fingerprint density at radius 1 is 1.00 bits per heavy atom. The number of aryl methyl sites for hydroxylation is 1. The Kier molecular flexibility index (Phi) is 12.7. The van der Waals surface area contributed by atoms with E-state index >= 15 is 0 Å². The van der Waals surface area contributed by atoms with Crippen LogP contribution in [0.15, 0.2) is 65.6 Å². The highest BCUT2D eigenvalue weighted by Gasteiger charge is 2.46. The number of hydrogen-bond donors (Lipinski definition) is 2. The minimum atomic E-state index is -1.30. The van der Waals surface area contributed by atoms with E-state index in [4.69, 9.17) is 24.2 Å². The molecule has 0 spiro atoms. The predicted octanol–water partition coefficient (Wildman–Crippen LogP) is 5.00. The van der Waals surface area contributed by atoms with Gasteiger partial charge in [-0.2, -0.15) is 0 Å². The highest BCUT2D eigenvalue weighted by molar-refractivity contribution is 5.89. The standard InChI is InChI=1S/C44H58N8O7/c1-29-25-52(42(54)55)30(2)24-51(29)26-31-16-19-50(20-17-31)41-46-37-15-12-32(36-27-49(5)39(53)23-38(36)57-6)22-35(37)40(47-41)44(59-34-13-14-34,33-10-8-7-9-11-33)28-58-43(56)48(4)21-18-45-3/h7-12,15,22-23,27,29-31,34,45H,13-14,16-21,24-26,28H2,1-6H3,(H,54,55)/t29-,30+,44?/m0/s1. The maximum Gasteiger partial charge on any atom is 0.409 e. The molecule has 4 aromatic rings. The first kappa shape index (κ1) is 41.9. The number of methoxy groups -OCH3 is 1. The molecule has 0 radical (unpaired) electrons. The van der Waals surface area contributed by atoms with Crippen molar-refractivity contribution < 1.29 is 28.9 Å². The quantitative estimate of drug-likeness (QED) is 0.176. The average molecular weight is 811 g/mol. The smallest absolute Gasteiger partial charge is 0.409 e. The maximum atomic E-state index is 13.6. The van der Waals surface area contributed by atoms with E-state index in [-0.39, 0.29) is 30.4 Å². The summed E-state index contributed by atoms with van der Waals surface area (Å²) in [6.07, 6.45) is 3.99. The Hall–Kier alpha value is -5.25. The van der Waals surface area contributed by atoms with Crippen LogP contribution in [-0.2, 0) is 22.1 Å². The summed E-state index contributed by atoms with van der Waals surface area (Å²) < 4.78 is 20.5. The number of ether oxygens (including phenoxy) is 3. The number of piperazine rings is 1. The van der Waals surface area contributed by atoms with Crippen LogP contribution < -0.4 is 20.5 Å². The van der Waals surface area contributed by atoms with E-state index in [1.54, 1.807) is 37.2 Å². The van der Waals surface area contributed by atoms with Gasteiger partial charge in [0.2, 0.25) is 5.95 Å². The van der Waals surface area contributed by atoms with E-state index in [0.717, 1.165) is 73.9 Å². The molecule has 2 aromatic heterocycles. The van der Waals surface area contributed by atoms with Crippen molar-refractivity contribution in [2.45, 2.75) is 63.3 Å². The molecule has 7 rings (SSSR count). The summed E-state index contributed by atoms with van der Waals surface area (Å²) in [7, 11) is 6.82. The van der Waals surface area contributed by atoms with Gasteiger partial charge in [0.15, 0.2) is 5.60 Å². The largest absolute Gasteiger partial charge is 0.496 e. The molecule has 2 aromatic carbocycles. The lowest BCUT2D eigenvalue weighted by atomic mass is 9.87. The van der Waals surface area contributed by atoms with E-state index in [2.05, 4.69) is 22.0 Å². The highest BCUT2D eigenvalue weighted by Crippen LogP contribution is 2.44. The van der Waals surface area contributed by atoms with Crippen molar-refractivity contribution in [2.75, 3.05) is 78.5 Å². The van der Waals surface area contributed by atoms with Crippen LogP contribution in [0.2, 0.25) is 0 Å². The highest BCUT2D eigenvalue weighted by atomic mass is 16.6. The van der Waals surface area contributed by atoms with Gasteiger partial charge in [-0.25, -0.2) is 19.6 Å². The molecule has 15 nitrogen and oxygen atoms in total. The zero-order valence-electron chi connectivity index (χ0n) is 35.1. The summed E-state index contributed by atoms with van der Waals surface area (Å²) in [5.41, 5.74) is 2.15. The van der Waals surface area contributed by atoms with Crippen LogP contribution in [0.3, 0.4) is 0 Å². The molecule has 316 valence electrons. The van der Waals surface area contributed by atoms with E-state index < -0.39 is 17.8 Å². The fourth-order valence-electron chi connectivity index (χ4n) is 8.37. The molecule has 3 atom stereocenters. The number of aromatic nitrogens is 3. The number of benzene rings is 2. The Morgan fingerprint density at radius 3 is 2.42 bits per heavy atom. The monoisotopic (exact) mass is 810 g/mol. The zero-order valence-corrected chi connectivity index (χ0v) is 35.1. The van der Waals surface area contributed by atoms with Gasteiger partial charge in [0.05, 0.1) is 24.4 Å². The van der Waals surface area contributed by atoms with E-state index in [0.29, 0.717) is 48.5 Å². The third kappa shape index (κ3) is 9.17. The predicted molar refractivity (Wildman–Crippen MR) is 226 cm³/mol. The van der Waals surface area contributed by atoms with Gasteiger partial charge >= 0.3 is 12.2 Å². The van der Waals surface area contributed by atoms with Crippen molar-refractivity contribution in [3.05, 3.63) is 82.4 Å². The minimum Gasteiger partial charge on any atom is -0.496 e. The molecule has 2 aliphatic heterocycles. The first-order valence-electron chi connectivity index (χ1n) is 20.7. The minimum absolute atomic E-state index is 0.0561. The lowest BCUT2D eigenvalue weighted by Gasteiger charge is -2.45. The molecule has 3 aliphatic rings. The van der Waals surface area contributed by atoms with E-state index in [1.165, 1.54) is 10.6 Å². The molecule has 0 bridgehead atoms. The van der Waals surface area contributed by atoms with Crippen molar-refractivity contribution in [2.24, 2.45) is 13.0 Å². The number of carbonyl (C=O) groups is 2. The number of carbonyl (C=O) groups excluding carboxylic acids is 1. The van der Waals surface area contributed by atoms with Gasteiger partial charge < -0.3 is 43.9 Å². The summed E-state index contributed by atoms with van der Waals surface area (Å²) in [6, 6.07) is 17.4. The third-order valence-electron chi connectivity index (χ3n) is 12.1. The molecule has 2 amide bonds. The molecule has 2 N–H and O–H groups in total. The number of fused-ring (bicyclic) bond motifs is 1. The number of rotatable bonds is 14. The summed E-state index contributed by atoms with van der Waals surface area (Å²) in [6.45, 7) is 8.68. The van der Waals surface area contributed by atoms with Crippen molar-refractivity contribution in [3.63, 3.8) is 0 Å². The number of carboxylic acid groups (broad SMARTS) is 1. The van der Waals surface area contributed by atoms with Crippen LogP contribution in [0.1, 0.15) is 50.8 Å². The number of hydrogen-bond acceptors (Lipinski definition) is 11. The summed E-state index contributed by atoms with van der Waals surface area (Å²) in [5.74, 6) is 1.47. The summed E-state index contributed by atoms with van der Waals surface area (Å²) in [5, 5.41) is 13.5. The van der Waals surface area contributed by atoms with Crippen molar-refractivity contribution >= 4 is 29.0 Å². The fraction of sp³-hybridized carbons (Fsp3) is 0.523. The molecular weight excluding hydrogens is 753 g/mol. The topological polar surface area (TPSA) is 155 Å². The number of amides is 2. The molecule has 59 heavy (non-hydrogen) atoms. The third-order valence-corrected chi connectivity index (χ3v) is 12.1. The SMILES string of the molecule is CNCCN(C)C(=O)OCC(OC1CC1)(c1ccccc1)c1nc(N2CCC(CN3C[C@@H](C)N(C(=O)O)C[C@@H]3C)CC2)nc2ccc(-c3cn(C)c(=O)cc3OC)cc12. The van der Waals surface area contributed by atoms with Gasteiger partial charge in [-0.15, -0.1) is 0 Å². The van der Waals surface area contributed by atoms with E-state index in [1.807, 2.05) is 62.5 Å². The molecule has 15 heteroatoms. The number of nitrogens with zero attached hydrogens (tertiary/aromatic N) is 7. The van der Waals surface area contributed by atoms with Gasteiger partial charge in [-0.3, -0.25) is 9.69 Å². The average Bonchev–Trinajstić information content (AvgIpc) is 4.07. The van der Waals surface area contributed by atoms with Gasteiger partial charge in [-0.1, -0.05) is 36.4 Å². The van der Waals surface area contributed by atoms with Crippen LogP contribution >= 0.6 is 0 Å². The Morgan fingerprint density at radius 2 is 1.75 bits per heavy atom. The first-order valence-corrected chi connectivity index (χ1v) is 20.7. The number of nitrogens with one attached hydrogen (secondary N) is 1. The van der Waals surface area contributed by atoms with Gasteiger partial charge in [0.1, 0.15) is 12.4 Å². The van der Waals surface area contributed by atoms with Gasteiger partial charge in [0, 0.05) is 95.2 Å². The Bertz CT molecular complexity index is 2170. The second-order valence-electron chi connectivity index (χ2n) is 16.4. The zero-order chi connectivity index (χ0) is 41.8. The number of anilines is 1. The fourth-order valence-corrected chi connectivity index (χ4v) is 8.37. The lowest BCUT2D eigenvalue weighted by molar-refractivity contribution is -0.0734. The van der Waals surface area contributed by atoms with Gasteiger partial charge in [0.25, 0.3) is 5.56 Å². The molecule has 4 heterocycles. The molecule has 1 saturated carbocycles.